The van der Waals surface area contributed by atoms with Gasteiger partial charge in [-0.1, -0.05) is 24.3 Å². The van der Waals surface area contributed by atoms with E-state index in [9.17, 15) is 41.3 Å². The average molecular weight is 736 g/mol. The lowest BCUT2D eigenvalue weighted by Crippen LogP contribution is -2.02. The Kier molecular flexibility index (Phi) is 11.3. The van der Waals surface area contributed by atoms with Gasteiger partial charge in [0.05, 0.1) is 0 Å². The number of hydrogen-bond donors (Lipinski definition) is 8. The molecule has 0 aromatic heterocycles. The molecule has 8 N–H and O–H groups in total. The summed E-state index contributed by atoms with van der Waals surface area (Å²) in [6, 6.07) is 19.9. The molecule has 14 heteroatoms. The van der Waals surface area contributed by atoms with Gasteiger partial charge >= 0.3 is 0 Å². The second-order valence-electron chi connectivity index (χ2n) is 12.0. The number of fused-ring (bicyclic) bond motifs is 3. The molecule has 0 aliphatic rings. The van der Waals surface area contributed by atoms with E-state index in [1.807, 2.05) is 20.0 Å². The first-order valence-corrected chi connectivity index (χ1v) is 18.4. The molecule has 6 rings (SSSR count). The van der Waals surface area contributed by atoms with Crippen LogP contribution in [0.4, 0.5) is 17.1 Å². The van der Waals surface area contributed by atoms with E-state index in [0.717, 1.165) is 22.0 Å². The molecule has 0 saturated carbocycles. The predicted octanol–water partition coefficient (Wildman–Crippen LogP) is 7.49. The number of benzene rings is 6. The lowest BCUT2D eigenvalue weighted by molar-refractivity contribution is 0.479. The zero-order chi connectivity index (χ0) is 38.0. The summed E-state index contributed by atoms with van der Waals surface area (Å²) in [7, 11) is -3.44. The van der Waals surface area contributed by atoms with E-state index in [2.05, 4.69) is 35.0 Å². The van der Waals surface area contributed by atoms with Crippen LogP contribution in [0.3, 0.4) is 0 Å². The maximum Gasteiger partial charge on any atom is 0.295 e. The minimum Gasteiger partial charge on any atom is -0.507 e. The number of rotatable bonds is 5. The Hall–Kier alpha value is -5.28. The molecule has 0 atom stereocenters. The maximum atomic E-state index is 11.4. The summed E-state index contributed by atoms with van der Waals surface area (Å²) in [5, 5.41) is 41.9. The van der Waals surface area contributed by atoms with Gasteiger partial charge in [0, 0.05) is 65.1 Å². The first-order valence-electron chi connectivity index (χ1n) is 15.6. The summed E-state index contributed by atoms with van der Waals surface area (Å²) in [6.07, 6.45) is 0. The lowest BCUT2D eigenvalue weighted by atomic mass is 10.0. The van der Waals surface area contributed by atoms with E-state index in [1.165, 1.54) is 42.0 Å². The minimum atomic E-state index is -4.33. The fourth-order valence-corrected chi connectivity index (χ4v) is 7.54. The first kappa shape index (κ1) is 38.5. The topological polar surface area (TPSA) is 206 Å². The SMILES string of the molecule is CNc1c(C)cc(S(=O)(=O)O)c2cccc(O)c12.CNc1cc(C)cc2cc(C)cc(O)c12.CNc1ccc(S(=O)(=O)O)c2cc(C)cc(O)c12. The van der Waals surface area contributed by atoms with Crippen LogP contribution in [-0.4, -0.2) is 62.4 Å². The molecule has 0 fully saturated rings. The highest BCUT2D eigenvalue weighted by molar-refractivity contribution is 7.86. The number of aromatic hydroxyl groups is 3. The van der Waals surface area contributed by atoms with Gasteiger partial charge in [-0.3, -0.25) is 9.11 Å². The molecule has 0 spiro atoms. The highest BCUT2D eigenvalue weighted by Gasteiger charge is 2.20. The van der Waals surface area contributed by atoms with Crippen molar-refractivity contribution in [2.75, 3.05) is 37.1 Å². The average Bonchev–Trinajstić information content (AvgIpc) is 3.03. The summed E-state index contributed by atoms with van der Waals surface area (Å²) in [5.74, 6) is 0.277. The molecule has 6 aromatic carbocycles. The van der Waals surface area contributed by atoms with Gasteiger partial charge in [0.1, 0.15) is 27.0 Å². The summed E-state index contributed by atoms with van der Waals surface area (Å²) in [5.41, 5.74) is 5.80. The fraction of sp³-hybridized carbons (Fsp3) is 0.189. The molecule has 0 bridgehead atoms. The molecule has 51 heavy (non-hydrogen) atoms. The van der Waals surface area contributed by atoms with Crippen LogP contribution >= 0.6 is 0 Å². The monoisotopic (exact) mass is 735 g/mol. The number of aryl methyl sites for hydroxylation is 4. The molecule has 6 aromatic rings. The van der Waals surface area contributed by atoms with E-state index in [4.69, 9.17) is 0 Å². The largest absolute Gasteiger partial charge is 0.507 e. The van der Waals surface area contributed by atoms with Crippen LogP contribution in [0.25, 0.3) is 32.3 Å². The molecule has 0 unspecified atom stereocenters. The number of hydrogen-bond acceptors (Lipinski definition) is 10. The van der Waals surface area contributed by atoms with E-state index in [1.54, 1.807) is 46.1 Å². The molecular formula is C37H41N3O9S2. The van der Waals surface area contributed by atoms with Crippen LogP contribution in [0.5, 0.6) is 17.2 Å². The van der Waals surface area contributed by atoms with Gasteiger partial charge in [-0.25, -0.2) is 0 Å². The Labute approximate surface area is 296 Å². The second-order valence-corrected chi connectivity index (χ2v) is 14.8. The number of phenols is 3. The van der Waals surface area contributed by atoms with Crippen LogP contribution in [0, 0.1) is 27.7 Å². The summed E-state index contributed by atoms with van der Waals surface area (Å²) in [4.78, 5) is -0.416. The zero-order valence-electron chi connectivity index (χ0n) is 29.1. The molecule has 0 amide bonds. The summed E-state index contributed by atoms with van der Waals surface area (Å²) in [6.45, 7) is 7.48. The molecule has 0 aliphatic heterocycles. The fourth-order valence-electron chi connectivity index (χ4n) is 6.08. The van der Waals surface area contributed by atoms with Crippen molar-refractivity contribution in [3.05, 3.63) is 95.1 Å². The standard InChI is InChI=1S/C13H15NO.2C12H13NO4S/c1-8-4-10-5-9(2)7-12(15)13(10)11(6-8)14-3;1-7-5-8-11(18(15,16)17)4-3-9(13-2)12(8)10(14)6-7;1-7-6-10(18(15,16)17)8-4-3-5-9(14)11(8)12(7)13-2/h4-7,14-15H,1-3H3;2*3-6,13-14H,1-2H3,(H,15,16,17). The van der Waals surface area contributed by atoms with Gasteiger partial charge in [-0.05, 0) is 104 Å². The van der Waals surface area contributed by atoms with Crippen molar-refractivity contribution in [3.8, 4) is 17.2 Å². The second kappa shape index (κ2) is 14.9. The highest BCUT2D eigenvalue weighted by atomic mass is 32.2. The third-order valence-electron chi connectivity index (χ3n) is 8.16. The van der Waals surface area contributed by atoms with Crippen LogP contribution in [0.15, 0.2) is 82.6 Å². The van der Waals surface area contributed by atoms with E-state index >= 15 is 0 Å². The number of phenolic OH excluding ortho intramolecular Hbond substituents is 3. The lowest BCUT2D eigenvalue weighted by Gasteiger charge is -2.13. The van der Waals surface area contributed by atoms with Gasteiger partial charge in [-0.2, -0.15) is 16.8 Å². The van der Waals surface area contributed by atoms with Gasteiger partial charge in [0.15, 0.2) is 0 Å². The van der Waals surface area contributed by atoms with Crippen molar-refractivity contribution in [2.24, 2.45) is 0 Å². The van der Waals surface area contributed by atoms with Gasteiger partial charge in [0.25, 0.3) is 20.2 Å². The Morgan fingerprint density at radius 2 is 1.06 bits per heavy atom. The van der Waals surface area contributed by atoms with Gasteiger partial charge in [-0.15, -0.1) is 0 Å². The van der Waals surface area contributed by atoms with Crippen LogP contribution in [0.2, 0.25) is 0 Å². The van der Waals surface area contributed by atoms with E-state index in [0.29, 0.717) is 44.4 Å². The molecule has 270 valence electrons. The molecule has 12 nitrogen and oxygen atoms in total. The Balaban J connectivity index is 0.000000172. The third kappa shape index (κ3) is 8.21. The van der Waals surface area contributed by atoms with Crippen molar-refractivity contribution >= 4 is 69.6 Å². The van der Waals surface area contributed by atoms with Gasteiger partial charge < -0.3 is 31.3 Å². The van der Waals surface area contributed by atoms with Crippen LogP contribution < -0.4 is 16.0 Å². The van der Waals surface area contributed by atoms with Crippen molar-refractivity contribution < 1.29 is 41.3 Å². The Morgan fingerprint density at radius 1 is 0.510 bits per heavy atom. The molecule has 0 heterocycles. The zero-order valence-corrected chi connectivity index (χ0v) is 30.7. The van der Waals surface area contributed by atoms with E-state index < -0.39 is 20.2 Å². The van der Waals surface area contributed by atoms with E-state index in [-0.39, 0.29) is 26.7 Å². The predicted molar refractivity (Wildman–Crippen MR) is 204 cm³/mol. The van der Waals surface area contributed by atoms with Crippen LogP contribution in [0.1, 0.15) is 22.3 Å². The van der Waals surface area contributed by atoms with Crippen molar-refractivity contribution in [3.63, 3.8) is 0 Å². The van der Waals surface area contributed by atoms with Crippen LogP contribution in [-0.2, 0) is 20.2 Å². The first-order chi connectivity index (χ1) is 23.8. The summed E-state index contributed by atoms with van der Waals surface area (Å²) < 4.78 is 63.8. The molecule has 0 saturated heterocycles. The third-order valence-corrected chi connectivity index (χ3v) is 9.96. The molecule has 0 radical (unpaired) electrons. The summed E-state index contributed by atoms with van der Waals surface area (Å²) >= 11 is 0. The molecular weight excluding hydrogens is 695 g/mol. The van der Waals surface area contributed by atoms with Crippen molar-refractivity contribution in [2.45, 2.75) is 37.5 Å². The normalized spacial score (nSPS) is 11.4. The quantitative estimate of drug-likeness (QED) is 0.0811. The Bertz CT molecular complexity index is 2510. The smallest absolute Gasteiger partial charge is 0.295 e. The number of nitrogens with one attached hydrogen (secondary N) is 3. The highest BCUT2D eigenvalue weighted by Crippen LogP contribution is 2.39. The van der Waals surface area contributed by atoms with Gasteiger partial charge in [0.2, 0.25) is 0 Å². The van der Waals surface area contributed by atoms with Crippen molar-refractivity contribution in [1.82, 2.24) is 0 Å². The minimum absolute atomic E-state index is 0.0279. The number of anilines is 3. The maximum absolute atomic E-state index is 11.4. The van der Waals surface area contributed by atoms with Crippen molar-refractivity contribution in [1.29, 1.82) is 0 Å². The molecule has 0 aliphatic carbocycles. The Morgan fingerprint density at radius 3 is 1.61 bits per heavy atom.